The maximum absolute atomic E-state index is 6.23. The van der Waals surface area contributed by atoms with Crippen molar-refractivity contribution in [3.8, 4) is 0 Å². The van der Waals surface area contributed by atoms with Crippen molar-refractivity contribution >= 4 is 35.6 Å². The molecule has 0 saturated carbocycles. The zero-order valence-electron chi connectivity index (χ0n) is 17.1. The van der Waals surface area contributed by atoms with Crippen LogP contribution in [0.15, 0.2) is 47.5 Å². The van der Waals surface area contributed by atoms with Crippen LogP contribution in [0.4, 0.5) is 5.69 Å². The summed E-state index contributed by atoms with van der Waals surface area (Å²) >= 11 is 0. The van der Waals surface area contributed by atoms with Gasteiger partial charge in [-0.3, -0.25) is 9.89 Å². The number of nitrogens with one attached hydrogen (secondary N) is 1. The quantitative estimate of drug-likeness (QED) is 0.367. The number of nitrogens with two attached hydrogens (primary N) is 1. The number of aliphatic imine (C=N–C) groups is 1. The standard InChI is InChI=1S/C23H30N4O.HI/c1-17-4-2-7-20(14-17)22(27-10-12-28-13-11-27)16-25-23(24)26-21-9-8-18-5-3-6-19(18)15-21;/h2,4,7-9,14-15,22H,3,5-6,10-13,16H2,1H3,(H3,24,25,26);1H. The number of hydrogen-bond acceptors (Lipinski definition) is 3. The number of anilines is 1. The van der Waals surface area contributed by atoms with Gasteiger partial charge in [-0.15, -0.1) is 24.0 Å². The van der Waals surface area contributed by atoms with Gasteiger partial charge >= 0.3 is 0 Å². The smallest absolute Gasteiger partial charge is 0.193 e. The van der Waals surface area contributed by atoms with Crippen molar-refractivity contribution in [3.05, 3.63) is 64.7 Å². The van der Waals surface area contributed by atoms with E-state index >= 15 is 0 Å². The van der Waals surface area contributed by atoms with Crippen LogP contribution in [-0.4, -0.2) is 43.7 Å². The molecule has 1 fully saturated rings. The van der Waals surface area contributed by atoms with E-state index in [2.05, 4.69) is 59.6 Å². The molecule has 0 spiro atoms. The summed E-state index contributed by atoms with van der Waals surface area (Å²) in [5, 5.41) is 3.28. The van der Waals surface area contributed by atoms with Gasteiger partial charge < -0.3 is 15.8 Å². The first kappa shape index (κ1) is 22.1. The van der Waals surface area contributed by atoms with Crippen molar-refractivity contribution in [2.75, 3.05) is 38.2 Å². The van der Waals surface area contributed by atoms with Crippen LogP contribution >= 0.6 is 24.0 Å². The van der Waals surface area contributed by atoms with E-state index in [0.717, 1.165) is 38.4 Å². The molecule has 0 radical (unpaired) electrons. The molecule has 29 heavy (non-hydrogen) atoms. The van der Waals surface area contributed by atoms with E-state index in [1.165, 1.54) is 35.1 Å². The number of guanidine groups is 1. The first-order valence-electron chi connectivity index (χ1n) is 10.3. The van der Waals surface area contributed by atoms with Crippen molar-refractivity contribution < 1.29 is 4.74 Å². The molecule has 1 unspecified atom stereocenters. The molecule has 1 aliphatic carbocycles. The minimum atomic E-state index is 0. The van der Waals surface area contributed by atoms with Crippen molar-refractivity contribution in [1.29, 1.82) is 0 Å². The van der Waals surface area contributed by atoms with Crippen molar-refractivity contribution in [2.24, 2.45) is 10.7 Å². The number of ether oxygens (including phenoxy) is 1. The highest BCUT2D eigenvalue weighted by molar-refractivity contribution is 14.0. The summed E-state index contributed by atoms with van der Waals surface area (Å²) in [7, 11) is 0. The summed E-state index contributed by atoms with van der Waals surface area (Å²) in [6.07, 6.45) is 3.60. The Balaban J connectivity index is 0.00000240. The highest BCUT2D eigenvalue weighted by Gasteiger charge is 2.22. The summed E-state index contributed by atoms with van der Waals surface area (Å²) in [5.74, 6) is 0.476. The minimum absolute atomic E-state index is 0. The number of aryl methyl sites for hydroxylation is 3. The lowest BCUT2D eigenvalue weighted by Gasteiger charge is -2.34. The molecule has 156 valence electrons. The second-order valence-electron chi connectivity index (χ2n) is 7.77. The van der Waals surface area contributed by atoms with E-state index < -0.39 is 0 Å². The van der Waals surface area contributed by atoms with E-state index in [4.69, 9.17) is 15.5 Å². The fourth-order valence-corrected chi connectivity index (χ4v) is 4.22. The predicted octanol–water partition coefficient (Wildman–Crippen LogP) is 3.90. The third kappa shape index (κ3) is 5.71. The lowest BCUT2D eigenvalue weighted by Crippen LogP contribution is -2.40. The third-order valence-corrected chi connectivity index (χ3v) is 5.72. The van der Waals surface area contributed by atoms with E-state index in [-0.39, 0.29) is 30.0 Å². The molecular formula is C23H31IN4O. The van der Waals surface area contributed by atoms with Gasteiger partial charge in [0.05, 0.1) is 25.8 Å². The third-order valence-electron chi connectivity index (χ3n) is 5.72. The first-order chi connectivity index (χ1) is 13.7. The molecule has 0 amide bonds. The normalized spacial score (nSPS) is 18.0. The number of nitrogens with zero attached hydrogens (tertiary/aromatic N) is 2. The van der Waals surface area contributed by atoms with Gasteiger partial charge in [0, 0.05) is 18.8 Å². The summed E-state index contributed by atoms with van der Waals surface area (Å²) in [4.78, 5) is 7.14. The fraction of sp³-hybridized carbons (Fsp3) is 0.435. The van der Waals surface area contributed by atoms with Crippen molar-refractivity contribution in [1.82, 2.24) is 4.90 Å². The number of hydrogen-bond donors (Lipinski definition) is 2. The lowest BCUT2D eigenvalue weighted by atomic mass is 10.0. The Morgan fingerprint density at radius 2 is 1.93 bits per heavy atom. The van der Waals surface area contributed by atoms with Crippen LogP contribution in [0, 0.1) is 6.92 Å². The summed E-state index contributed by atoms with van der Waals surface area (Å²) in [6.45, 7) is 6.16. The Morgan fingerprint density at radius 3 is 2.72 bits per heavy atom. The summed E-state index contributed by atoms with van der Waals surface area (Å²) < 4.78 is 5.54. The minimum Gasteiger partial charge on any atom is -0.379 e. The van der Waals surface area contributed by atoms with Crippen molar-refractivity contribution in [3.63, 3.8) is 0 Å². The van der Waals surface area contributed by atoms with Gasteiger partial charge in [-0.1, -0.05) is 35.9 Å². The van der Waals surface area contributed by atoms with E-state index in [1.54, 1.807) is 0 Å². The van der Waals surface area contributed by atoms with Crippen LogP contribution in [0.3, 0.4) is 0 Å². The Labute approximate surface area is 190 Å². The van der Waals surface area contributed by atoms with E-state index in [0.29, 0.717) is 12.5 Å². The molecule has 6 heteroatoms. The predicted molar refractivity (Wildman–Crippen MR) is 130 cm³/mol. The first-order valence-corrected chi connectivity index (χ1v) is 10.3. The van der Waals surface area contributed by atoms with Crippen LogP contribution in [0.2, 0.25) is 0 Å². The van der Waals surface area contributed by atoms with Gasteiger partial charge in [0.25, 0.3) is 0 Å². The molecule has 1 atom stereocenters. The molecule has 0 bridgehead atoms. The molecule has 2 aromatic rings. The molecule has 5 nitrogen and oxygen atoms in total. The monoisotopic (exact) mass is 506 g/mol. The number of fused-ring (bicyclic) bond motifs is 1. The summed E-state index contributed by atoms with van der Waals surface area (Å²) in [5.41, 5.74) is 12.7. The largest absolute Gasteiger partial charge is 0.379 e. The van der Waals surface area contributed by atoms with Crippen LogP contribution in [0.25, 0.3) is 0 Å². The van der Waals surface area contributed by atoms with Gasteiger partial charge in [0.1, 0.15) is 0 Å². The average molecular weight is 506 g/mol. The molecule has 2 aliphatic rings. The maximum Gasteiger partial charge on any atom is 0.193 e. The SMILES string of the molecule is Cc1cccc(C(CN=C(N)Nc2ccc3c(c2)CCC3)N2CCOCC2)c1.I. The lowest BCUT2D eigenvalue weighted by molar-refractivity contribution is 0.0180. The topological polar surface area (TPSA) is 62.9 Å². The van der Waals surface area contributed by atoms with Crippen LogP contribution < -0.4 is 11.1 Å². The Bertz CT molecular complexity index is 849. The number of benzene rings is 2. The maximum atomic E-state index is 6.23. The molecule has 4 rings (SSSR count). The highest BCUT2D eigenvalue weighted by Crippen LogP contribution is 2.25. The average Bonchev–Trinajstić information content (AvgIpc) is 3.17. The highest BCUT2D eigenvalue weighted by atomic mass is 127. The Hall–Kier alpha value is -1.64. The van der Waals surface area contributed by atoms with Crippen LogP contribution in [0.1, 0.15) is 34.7 Å². The zero-order chi connectivity index (χ0) is 19.3. The van der Waals surface area contributed by atoms with Crippen LogP contribution in [0.5, 0.6) is 0 Å². The second kappa shape index (κ2) is 10.4. The molecule has 2 aromatic carbocycles. The second-order valence-corrected chi connectivity index (χ2v) is 7.77. The zero-order valence-corrected chi connectivity index (χ0v) is 19.4. The number of rotatable bonds is 5. The molecular weight excluding hydrogens is 475 g/mol. The summed E-state index contributed by atoms with van der Waals surface area (Å²) in [6, 6.07) is 15.4. The number of morpholine rings is 1. The van der Waals surface area contributed by atoms with Gasteiger partial charge in [-0.05, 0) is 55.0 Å². The Kier molecular flexibility index (Phi) is 7.91. The van der Waals surface area contributed by atoms with Gasteiger partial charge in [0.15, 0.2) is 5.96 Å². The molecule has 1 heterocycles. The van der Waals surface area contributed by atoms with E-state index in [9.17, 15) is 0 Å². The molecule has 1 aliphatic heterocycles. The Morgan fingerprint density at radius 1 is 1.14 bits per heavy atom. The molecule has 1 saturated heterocycles. The van der Waals surface area contributed by atoms with Gasteiger partial charge in [0.2, 0.25) is 0 Å². The van der Waals surface area contributed by atoms with Gasteiger partial charge in [-0.25, -0.2) is 0 Å². The van der Waals surface area contributed by atoms with Crippen LogP contribution in [-0.2, 0) is 17.6 Å². The van der Waals surface area contributed by atoms with Gasteiger partial charge in [-0.2, -0.15) is 0 Å². The van der Waals surface area contributed by atoms with E-state index in [1.807, 2.05) is 0 Å². The molecule has 3 N–H and O–H groups in total. The molecule has 0 aromatic heterocycles. The number of halogens is 1. The fourth-order valence-electron chi connectivity index (χ4n) is 4.22. The van der Waals surface area contributed by atoms with Crippen molar-refractivity contribution in [2.45, 2.75) is 32.2 Å².